The lowest BCUT2D eigenvalue weighted by molar-refractivity contribution is -0.110. The normalized spacial score (nSPS) is 11.0. The average molecular weight is 276 g/mol. The van der Waals surface area contributed by atoms with E-state index in [2.05, 4.69) is 0 Å². The van der Waals surface area contributed by atoms with Crippen molar-refractivity contribution in [2.75, 3.05) is 12.5 Å². The Balaban J connectivity index is 2.53. The highest BCUT2D eigenvalue weighted by Gasteiger charge is 1.95. The molecular weight excluding hydrogens is 260 g/mol. The summed E-state index contributed by atoms with van der Waals surface area (Å²) < 4.78 is 1.02. The molecule has 0 bridgehead atoms. The molecule has 0 radical (unpaired) electrons. The fraction of sp³-hybridized carbons (Fsp3) is 0.133. The van der Waals surface area contributed by atoms with E-state index in [-0.39, 0.29) is 5.78 Å². The number of carbonyl (C=O) groups excluding carboxylic acids is 1. The summed E-state index contributed by atoms with van der Waals surface area (Å²) in [5.41, 5.74) is 1.12. The van der Waals surface area contributed by atoms with Crippen LogP contribution in [0.25, 0.3) is 6.08 Å². The van der Waals surface area contributed by atoms with Crippen LogP contribution in [0.4, 0.5) is 0 Å². The maximum atomic E-state index is 11.6. The molecule has 0 saturated heterocycles. The van der Waals surface area contributed by atoms with Crippen molar-refractivity contribution in [2.24, 2.45) is 0 Å². The summed E-state index contributed by atoms with van der Waals surface area (Å²) in [6.07, 6.45) is 12.8. The van der Waals surface area contributed by atoms with Gasteiger partial charge in [-0.3, -0.25) is 4.79 Å². The van der Waals surface area contributed by atoms with Gasteiger partial charge < -0.3 is 0 Å². The fourth-order valence-electron chi connectivity index (χ4n) is 1.25. The zero-order valence-electron chi connectivity index (χ0n) is 10.5. The molecule has 18 heavy (non-hydrogen) atoms. The summed E-state index contributed by atoms with van der Waals surface area (Å²) >= 11 is 3.17. The number of ketones is 1. The summed E-state index contributed by atoms with van der Waals surface area (Å²) in [6, 6.07) is 9.99. The van der Waals surface area contributed by atoms with Gasteiger partial charge in [-0.25, -0.2) is 0 Å². The van der Waals surface area contributed by atoms with Crippen LogP contribution >= 0.6 is 23.5 Å². The quantitative estimate of drug-likeness (QED) is 0.566. The van der Waals surface area contributed by atoms with Gasteiger partial charge in [0.2, 0.25) is 0 Å². The van der Waals surface area contributed by atoms with Crippen molar-refractivity contribution in [3.63, 3.8) is 0 Å². The van der Waals surface area contributed by atoms with Crippen LogP contribution in [0.3, 0.4) is 0 Å². The Bertz CT molecular complexity index is 453. The van der Waals surface area contributed by atoms with Gasteiger partial charge >= 0.3 is 0 Å². The van der Waals surface area contributed by atoms with E-state index >= 15 is 0 Å². The second kappa shape index (κ2) is 8.84. The zero-order valence-corrected chi connectivity index (χ0v) is 12.1. The predicted octanol–water partition coefficient (Wildman–Crippen LogP) is 4.39. The molecule has 94 valence electrons. The third-order valence-electron chi connectivity index (χ3n) is 2.12. The van der Waals surface area contributed by atoms with Crippen LogP contribution < -0.4 is 0 Å². The molecule has 0 aromatic heterocycles. The van der Waals surface area contributed by atoms with E-state index in [9.17, 15) is 4.79 Å². The van der Waals surface area contributed by atoms with Gasteiger partial charge in [-0.2, -0.15) is 0 Å². The van der Waals surface area contributed by atoms with Crippen LogP contribution in [0.2, 0.25) is 0 Å². The first-order valence-electron chi connectivity index (χ1n) is 5.49. The van der Waals surface area contributed by atoms with E-state index in [0.29, 0.717) is 0 Å². The molecular formula is C15H16OS2. The Morgan fingerprint density at radius 3 is 2.33 bits per heavy atom. The minimum atomic E-state index is 0.0198. The minimum Gasteiger partial charge on any atom is -0.290 e. The van der Waals surface area contributed by atoms with Gasteiger partial charge in [0, 0.05) is 10.3 Å². The monoisotopic (exact) mass is 276 g/mol. The largest absolute Gasteiger partial charge is 0.290 e. The molecule has 0 amide bonds. The van der Waals surface area contributed by atoms with Crippen molar-refractivity contribution in [2.45, 2.75) is 0 Å². The maximum absolute atomic E-state index is 11.6. The van der Waals surface area contributed by atoms with E-state index < -0.39 is 0 Å². The Labute approximate surface area is 117 Å². The van der Waals surface area contributed by atoms with Gasteiger partial charge in [-0.1, -0.05) is 48.6 Å². The van der Waals surface area contributed by atoms with Crippen LogP contribution in [-0.4, -0.2) is 18.3 Å². The molecule has 3 heteroatoms. The second-order valence-electron chi connectivity index (χ2n) is 3.40. The van der Waals surface area contributed by atoms with E-state index in [4.69, 9.17) is 0 Å². The lowest BCUT2D eigenvalue weighted by Gasteiger charge is -1.95. The molecule has 0 unspecified atom stereocenters. The minimum absolute atomic E-state index is 0.0198. The molecule has 0 heterocycles. The van der Waals surface area contributed by atoms with Crippen LogP contribution in [-0.2, 0) is 4.79 Å². The van der Waals surface area contributed by atoms with Crippen LogP contribution in [0.1, 0.15) is 5.56 Å². The molecule has 0 saturated carbocycles. The van der Waals surface area contributed by atoms with Crippen LogP contribution in [0.5, 0.6) is 0 Å². The maximum Gasteiger partial charge on any atom is 0.180 e. The SMILES string of the molecule is CSC(=CC(=O)/C=C/C=C/c1ccccc1)SC. The van der Waals surface area contributed by atoms with Gasteiger partial charge in [0.15, 0.2) is 5.78 Å². The highest BCUT2D eigenvalue weighted by atomic mass is 32.2. The lowest BCUT2D eigenvalue weighted by atomic mass is 10.2. The molecule has 0 aliphatic rings. The first-order chi connectivity index (χ1) is 8.76. The number of allylic oxidation sites excluding steroid dienone is 4. The van der Waals surface area contributed by atoms with Gasteiger partial charge in [0.05, 0.1) is 0 Å². The lowest BCUT2D eigenvalue weighted by Crippen LogP contribution is -1.85. The number of hydrogen-bond acceptors (Lipinski definition) is 3. The molecule has 0 aliphatic heterocycles. The molecule has 1 aromatic rings. The van der Waals surface area contributed by atoms with Gasteiger partial charge in [-0.05, 0) is 24.2 Å². The summed E-state index contributed by atoms with van der Waals surface area (Å²) in [7, 11) is 0. The fourth-order valence-corrected chi connectivity index (χ4v) is 2.38. The molecule has 0 aliphatic carbocycles. The molecule has 0 spiro atoms. The predicted molar refractivity (Wildman–Crippen MR) is 84.7 cm³/mol. The molecule has 0 N–H and O–H groups in total. The highest BCUT2D eigenvalue weighted by Crippen LogP contribution is 2.22. The first kappa shape index (κ1) is 14.9. The number of carbonyl (C=O) groups is 1. The second-order valence-corrected chi connectivity index (χ2v) is 5.36. The Morgan fingerprint density at radius 2 is 1.72 bits per heavy atom. The Morgan fingerprint density at radius 1 is 1.06 bits per heavy atom. The van der Waals surface area contributed by atoms with Gasteiger partial charge in [0.25, 0.3) is 0 Å². The molecule has 1 nitrogen and oxygen atoms in total. The van der Waals surface area contributed by atoms with E-state index in [1.165, 1.54) is 0 Å². The van der Waals surface area contributed by atoms with Crippen LogP contribution in [0.15, 0.2) is 58.9 Å². The smallest absolute Gasteiger partial charge is 0.180 e. The third kappa shape index (κ3) is 5.94. The molecule has 0 fully saturated rings. The summed E-state index contributed by atoms with van der Waals surface area (Å²) in [5.74, 6) is 0.0198. The number of thioether (sulfide) groups is 2. The van der Waals surface area contributed by atoms with E-state index in [0.717, 1.165) is 9.80 Å². The number of rotatable bonds is 6. The highest BCUT2D eigenvalue weighted by molar-refractivity contribution is 8.21. The van der Waals surface area contributed by atoms with Crippen molar-refractivity contribution in [3.05, 3.63) is 64.4 Å². The standard InChI is InChI=1S/C15H16OS2/c1-17-15(18-2)12-14(16)11-7-6-10-13-8-4-3-5-9-13/h3-12H,1-2H3/b10-6+,11-7+. The van der Waals surface area contributed by atoms with E-state index in [1.54, 1.807) is 41.8 Å². The Hall–Kier alpha value is -1.19. The van der Waals surface area contributed by atoms with Gasteiger partial charge in [0.1, 0.15) is 0 Å². The van der Waals surface area contributed by atoms with Crippen molar-refractivity contribution in [1.82, 2.24) is 0 Å². The topological polar surface area (TPSA) is 17.1 Å². The Kier molecular flexibility index (Phi) is 7.30. The number of hydrogen-bond donors (Lipinski definition) is 0. The van der Waals surface area contributed by atoms with Crippen molar-refractivity contribution < 1.29 is 4.79 Å². The van der Waals surface area contributed by atoms with Crippen LogP contribution in [0, 0.1) is 0 Å². The molecule has 0 atom stereocenters. The summed E-state index contributed by atoms with van der Waals surface area (Å²) in [6.45, 7) is 0. The molecule has 1 rings (SSSR count). The van der Waals surface area contributed by atoms with E-state index in [1.807, 2.05) is 55.0 Å². The molecule has 1 aromatic carbocycles. The van der Waals surface area contributed by atoms with Crippen molar-refractivity contribution in [1.29, 1.82) is 0 Å². The average Bonchev–Trinajstić information content (AvgIpc) is 2.42. The number of benzene rings is 1. The van der Waals surface area contributed by atoms with Gasteiger partial charge in [-0.15, -0.1) is 23.5 Å². The summed E-state index contributed by atoms with van der Waals surface area (Å²) in [4.78, 5) is 11.6. The van der Waals surface area contributed by atoms with Crippen molar-refractivity contribution >= 4 is 35.4 Å². The third-order valence-corrected chi connectivity index (χ3v) is 4.16. The summed E-state index contributed by atoms with van der Waals surface area (Å²) in [5, 5.41) is 0. The van der Waals surface area contributed by atoms with Crippen molar-refractivity contribution in [3.8, 4) is 0 Å². The zero-order chi connectivity index (χ0) is 13.2. The first-order valence-corrected chi connectivity index (χ1v) is 7.94.